The minimum Gasteiger partial charge on any atom is -0.493 e. The lowest BCUT2D eigenvalue weighted by Gasteiger charge is -2.43. The number of aliphatic hydroxyl groups is 6. The van der Waals surface area contributed by atoms with E-state index in [0.717, 1.165) is 12.2 Å². The number of methoxy groups -OCH3 is 6. The van der Waals surface area contributed by atoms with Crippen molar-refractivity contribution in [3.05, 3.63) is 47.5 Å². The van der Waals surface area contributed by atoms with Crippen LogP contribution in [0.15, 0.2) is 36.4 Å². The molecule has 2 aliphatic rings. The molecule has 0 radical (unpaired) electrons. The summed E-state index contributed by atoms with van der Waals surface area (Å²) < 4.78 is 59.5. The van der Waals surface area contributed by atoms with Gasteiger partial charge < -0.3 is 82.7 Å². The number of carbonyl (C=O) groups excluding carboxylic acids is 2. The molecule has 2 aromatic rings. The largest absolute Gasteiger partial charge is 0.493 e. The number of rotatable bonds is 17. The highest BCUT2D eigenvalue weighted by atomic mass is 16.8. The number of hydrogen-bond acceptors (Lipinski definition) is 19. The summed E-state index contributed by atoms with van der Waals surface area (Å²) in [6, 6.07) is 6.25. The van der Waals surface area contributed by atoms with Crippen molar-refractivity contribution < 1.29 is 92.3 Å². The molecule has 2 aliphatic heterocycles. The molecular formula is C36H46O19. The van der Waals surface area contributed by atoms with Gasteiger partial charge in [0.1, 0.15) is 49.8 Å². The van der Waals surface area contributed by atoms with Gasteiger partial charge in [-0.1, -0.05) is 0 Å². The average Bonchev–Trinajstić information content (AvgIpc) is 3.46. The summed E-state index contributed by atoms with van der Waals surface area (Å²) in [6.07, 6.45) is -9.53. The SMILES string of the molecule is COc1cc(/C=C\C(=O)OC[C@H]2O[C@H](O[C@@]3(CO)O[C@@H](CO)[C@@H](O)[C@@H]3OC(=O)/C=C/c3cc(OC)c(OC)c(OC)c3)[C@H](O)[C@@H](O)[C@@H]2O)cc(OC)c1OC. The Kier molecular flexibility index (Phi) is 15.1. The van der Waals surface area contributed by atoms with E-state index in [1.54, 1.807) is 24.3 Å². The Morgan fingerprint density at radius 3 is 1.60 bits per heavy atom. The van der Waals surface area contributed by atoms with Crippen LogP contribution < -0.4 is 28.4 Å². The normalized spacial score (nSPS) is 27.9. The summed E-state index contributed by atoms with van der Waals surface area (Å²) in [6.45, 7) is -2.62. The zero-order chi connectivity index (χ0) is 40.4. The predicted octanol–water partition coefficient (Wildman–Crippen LogP) is -0.815. The highest BCUT2D eigenvalue weighted by molar-refractivity contribution is 5.88. The van der Waals surface area contributed by atoms with Gasteiger partial charge in [0, 0.05) is 12.2 Å². The van der Waals surface area contributed by atoms with Crippen LogP contribution in [0.3, 0.4) is 0 Å². The fourth-order valence-corrected chi connectivity index (χ4v) is 5.86. The number of benzene rings is 2. The Bertz CT molecular complexity index is 1630. The number of hydrogen-bond donors (Lipinski definition) is 6. The summed E-state index contributed by atoms with van der Waals surface area (Å²) in [5, 5.41) is 63.4. The maximum Gasteiger partial charge on any atom is 0.331 e. The second-order valence-corrected chi connectivity index (χ2v) is 12.0. The predicted molar refractivity (Wildman–Crippen MR) is 187 cm³/mol. The third kappa shape index (κ3) is 9.58. The number of esters is 2. The third-order valence-corrected chi connectivity index (χ3v) is 8.69. The number of ether oxygens (including phenoxy) is 11. The molecule has 0 aliphatic carbocycles. The van der Waals surface area contributed by atoms with Crippen LogP contribution in [0.25, 0.3) is 12.2 Å². The van der Waals surface area contributed by atoms with Gasteiger partial charge in [-0.25, -0.2) is 9.59 Å². The maximum atomic E-state index is 13.0. The standard InChI is InChI=1S/C36H46O19/c1-45-20-11-18(12-21(46-2)32(20)49-5)7-9-26(39)51-16-25-28(41)30(43)31(44)35(52-25)55-36(17-38)34(29(42)24(15-37)54-36)53-27(40)10-8-19-13-22(47-3)33(50-6)23(14-19)48-4/h7-14,24-25,28-31,34-35,37-38,41-44H,15-17H2,1-6H3/b9-7-,10-8+/t24-,25+,28+,29+,30-,31+,34-,35+,36+/m0/s1. The molecule has 9 atom stereocenters. The van der Waals surface area contributed by atoms with Crippen molar-refractivity contribution in [1.29, 1.82) is 0 Å². The van der Waals surface area contributed by atoms with Gasteiger partial charge in [0.25, 0.3) is 0 Å². The van der Waals surface area contributed by atoms with Crippen molar-refractivity contribution in [1.82, 2.24) is 0 Å². The van der Waals surface area contributed by atoms with Gasteiger partial charge in [-0.2, -0.15) is 0 Å². The fraction of sp³-hybridized carbons (Fsp3) is 0.500. The minimum atomic E-state index is -2.49. The van der Waals surface area contributed by atoms with Crippen LogP contribution >= 0.6 is 0 Å². The lowest BCUT2D eigenvalue weighted by molar-refractivity contribution is -0.383. The second kappa shape index (κ2) is 19.2. The summed E-state index contributed by atoms with van der Waals surface area (Å²) >= 11 is 0. The molecule has 19 nitrogen and oxygen atoms in total. The first kappa shape index (κ1) is 43.0. The number of aliphatic hydroxyl groups excluding tert-OH is 6. The van der Waals surface area contributed by atoms with Gasteiger partial charge >= 0.3 is 11.9 Å². The van der Waals surface area contributed by atoms with Crippen molar-refractivity contribution in [2.75, 3.05) is 62.5 Å². The summed E-state index contributed by atoms with van der Waals surface area (Å²) in [5.41, 5.74) is 0.899. The van der Waals surface area contributed by atoms with E-state index in [2.05, 4.69) is 0 Å². The van der Waals surface area contributed by atoms with Gasteiger partial charge in [-0.3, -0.25) is 0 Å². The first-order valence-electron chi connectivity index (χ1n) is 16.6. The van der Waals surface area contributed by atoms with Crippen LogP contribution in [-0.4, -0.2) is 160 Å². The Morgan fingerprint density at radius 1 is 0.673 bits per heavy atom. The average molecular weight is 783 g/mol. The Morgan fingerprint density at radius 2 is 1.16 bits per heavy atom. The monoisotopic (exact) mass is 782 g/mol. The zero-order valence-electron chi connectivity index (χ0n) is 30.8. The highest BCUT2D eigenvalue weighted by Crippen LogP contribution is 2.41. The molecule has 0 unspecified atom stereocenters. The van der Waals surface area contributed by atoms with Crippen LogP contribution in [0, 0.1) is 0 Å². The summed E-state index contributed by atoms with van der Waals surface area (Å²) in [5.74, 6) is -2.53. The van der Waals surface area contributed by atoms with Crippen LogP contribution in [0.2, 0.25) is 0 Å². The minimum absolute atomic E-state index is 0.298. The first-order chi connectivity index (χ1) is 26.3. The topological polar surface area (TPSA) is 257 Å². The van der Waals surface area contributed by atoms with Crippen molar-refractivity contribution in [2.24, 2.45) is 0 Å². The van der Waals surface area contributed by atoms with Gasteiger partial charge in [-0.05, 0) is 47.5 Å². The van der Waals surface area contributed by atoms with E-state index < -0.39 is 86.6 Å². The van der Waals surface area contributed by atoms with Gasteiger partial charge in [0.05, 0.1) is 49.3 Å². The first-order valence-corrected chi connectivity index (χ1v) is 16.6. The molecule has 2 aromatic carbocycles. The van der Waals surface area contributed by atoms with Gasteiger partial charge in [0.15, 0.2) is 35.4 Å². The van der Waals surface area contributed by atoms with Crippen molar-refractivity contribution >= 4 is 24.1 Å². The molecule has 19 heteroatoms. The lowest BCUT2D eigenvalue weighted by Crippen LogP contribution is -2.63. The molecule has 0 amide bonds. The van der Waals surface area contributed by atoms with Crippen LogP contribution in [0.5, 0.6) is 34.5 Å². The van der Waals surface area contributed by atoms with Crippen LogP contribution in [0.1, 0.15) is 11.1 Å². The van der Waals surface area contributed by atoms with Gasteiger partial charge in [0.2, 0.25) is 17.3 Å². The fourth-order valence-electron chi connectivity index (χ4n) is 5.86. The van der Waals surface area contributed by atoms with E-state index in [1.165, 1.54) is 54.8 Å². The van der Waals surface area contributed by atoms with E-state index >= 15 is 0 Å². The van der Waals surface area contributed by atoms with E-state index in [9.17, 15) is 40.2 Å². The quantitative estimate of drug-likeness (QED) is 0.0847. The van der Waals surface area contributed by atoms with E-state index in [4.69, 9.17) is 52.1 Å². The van der Waals surface area contributed by atoms with E-state index in [-0.39, 0.29) is 0 Å². The van der Waals surface area contributed by atoms with E-state index in [0.29, 0.717) is 45.6 Å². The third-order valence-electron chi connectivity index (χ3n) is 8.69. The maximum absolute atomic E-state index is 13.0. The van der Waals surface area contributed by atoms with Crippen molar-refractivity contribution in [2.45, 2.75) is 54.8 Å². The molecule has 0 saturated carbocycles. The molecule has 0 spiro atoms. The molecule has 2 saturated heterocycles. The zero-order valence-corrected chi connectivity index (χ0v) is 30.8. The highest BCUT2D eigenvalue weighted by Gasteiger charge is 2.60. The molecule has 6 N–H and O–H groups in total. The summed E-state index contributed by atoms with van der Waals surface area (Å²) in [7, 11) is 8.54. The molecule has 2 fully saturated rings. The Balaban J connectivity index is 1.49. The molecular weight excluding hydrogens is 736 g/mol. The van der Waals surface area contributed by atoms with Crippen molar-refractivity contribution in [3.8, 4) is 34.5 Å². The summed E-state index contributed by atoms with van der Waals surface area (Å²) in [4.78, 5) is 25.7. The van der Waals surface area contributed by atoms with Crippen LogP contribution in [-0.2, 0) is 33.3 Å². The smallest absolute Gasteiger partial charge is 0.331 e. The molecule has 2 heterocycles. The second-order valence-electron chi connectivity index (χ2n) is 12.0. The molecule has 55 heavy (non-hydrogen) atoms. The lowest BCUT2D eigenvalue weighted by atomic mass is 9.98. The van der Waals surface area contributed by atoms with Crippen molar-refractivity contribution in [3.63, 3.8) is 0 Å². The molecule has 0 bridgehead atoms. The van der Waals surface area contributed by atoms with Crippen LogP contribution in [0.4, 0.5) is 0 Å². The number of carbonyl (C=O) groups is 2. The Hall–Kier alpha value is -4.70. The molecule has 4 rings (SSSR count). The van der Waals surface area contributed by atoms with E-state index in [1.807, 2.05) is 0 Å². The Labute approximate surface area is 315 Å². The molecule has 304 valence electrons. The van der Waals surface area contributed by atoms with Gasteiger partial charge in [-0.15, -0.1) is 0 Å². The molecule has 0 aromatic heterocycles.